The third kappa shape index (κ3) is 1.77. The van der Waals surface area contributed by atoms with Crippen molar-refractivity contribution in [2.75, 3.05) is 6.61 Å². The van der Waals surface area contributed by atoms with Crippen molar-refractivity contribution in [2.24, 2.45) is 16.7 Å². The minimum Gasteiger partial charge on any atom is -0.370 e. The van der Waals surface area contributed by atoms with Crippen molar-refractivity contribution in [1.29, 1.82) is 0 Å². The maximum absolute atomic E-state index is 10.9. The summed E-state index contributed by atoms with van der Waals surface area (Å²) in [4.78, 5) is 10.7. The molecule has 0 saturated heterocycles. The van der Waals surface area contributed by atoms with E-state index in [2.05, 4.69) is 20.8 Å². The summed E-state index contributed by atoms with van der Waals surface area (Å²) < 4.78 is 5.96. The van der Waals surface area contributed by atoms with Crippen LogP contribution in [0.15, 0.2) is 0 Å². The molecular weight excluding hydrogens is 230 g/mol. The minimum atomic E-state index is -0.984. The fraction of sp³-hybridized carbons (Fsp3) is 1.00. The molecule has 0 heterocycles. The monoisotopic (exact) mass is 255 g/mol. The average Bonchev–Trinajstić information content (AvgIpc) is 2.58. The fourth-order valence-electron chi connectivity index (χ4n) is 3.74. The zero-order valence-electron chi connectivity index (χ0n) is 12.2. The van der Waals surface area contributed by atoms with E-state index in [1.54, 1.807) is 13.8 Å². The highest BCUT2D eigenvalue weighted by Gasteiger charge is 2.62. The van der Waals surface area contributed by atoms with Gasteiger partial charge >= 0.3 is 0 Å². The Hall–Kier alpha value is -0.640. The van der Waals surface area contributed by atoms with Gasteiger partial charge in [-0.25, -0.2) is 0 Å². The molecule has 2 aliphatic rings. The van der Waals surface area contributed by atoms with E-state index in [0.29, 0.717) is 11.3 Å². The van der Waals surface area contributed by atoms with Crippen LogP contribution >= 0.6 is 0 Å². The molecule has 0 unspecified atom stereocenters. The lowest BCUT2D eigenvalue weighted by molar-refractivity contribution is -0.565. The van der Waals surface area contributed by atoms with Crippen LogP contribution in [0.2, 0.25) is 0 Å². The van der Waals surface area contributed by atoms with Crippen molar-refractivity contribution in [3.63, 3.8) is 0 Å². The van der Waals surface area contributed by atoms with Crippen molar-refractivity contribution in [2.45, 2.75) is 65.5 Å². The van der Waals surface area contributed by atoms with Crippen LogP contribution in [0.1, 0.15) is 53.9 Å². The van der Waals surface area contributed by atoms with Crippen molar-refractivity contribution >= 4 is 0 Å². The van der Waals surface area contributed by atoms with Crippen LogP contribution < -0.4 is 0 Å². The normalized spacial score (nSPS) is 38.1. The minimum absolute atomic E-state index is 0.185. The quantitative estimate of drug-likeness (QED) is 0.572. The first-order valence-electron chi connectivity index (χ1n) is 6.87. The summed E-state index contributed by atoms with van der Waals surface area (Å²) >= 11 is 0. The molecule has 2 bridgehead atoms. The Morgan fingerprint density at radius 3 is 2.39 bits per heavy atom. The van der Waals surface area contributed by atoms with Crippen molar-refractivity contribution in [1.82, 2.24) is 0 Å². The van der Waals surface area contributed by atoms with Crippen LogP contribution in [0.4, 0.5) is 0 Å². The Kier molecular flexibility index (Phi) is 3.01. The van der Waals surface area contributed by atoms with Gasteiger partial charge in [-0.2, -0.15) is 0 Å². The third-order valence-electron chi connectivity index (χ3n) is 5.85. The first-order valence-corrected chi connectivity index (χ1v) is 6.87. The van der Waals surface area contributed by atoms with Gasteiger partial charge in [-0.05, 0) is 36.0 Å². The van der Waals surface area contributed by atoms with Gasteiger partial charge in [0.2, 0.25) is 5.54 Å². The highest BCUT2D eigenvalue weighted by atomic mass is 16.6. The number of hydrogen-bond donors (Lipinski definition) is 0. The summed E-state index contributed by atoms with van der Waals surface area (Å²) in [6.07, 6.45) is 3.72. The topological polar surface area (TPSA) is 52.4 Å². The number of hydrogen-bond acceptors (Lipinski definition) is 3. The van der Waals surface area contributed by atoms with Crippen LogP contribution in [0.3, 0.4) is 0 Å². The predicted molar refractivity (Wildman–Crippen MR) is 70.0 cm³/mol. The van der Waals surface area contributed by atoms with E-state index in [4.69, 9.17) is 4.74 Å². The van der Waals surface area contributed by atoms with E-state index in [-0.39, 0.29) is 23.0 Å². The molecule has 2 rings (SSSR count). The highest BCUT2D eigenvalue weighted by molar-refractivity contribution is 5.11. The van der Waals surface area contributed by atoms with Crippen LogP contribution in [-0.4, -0.2) is 23.2 Å². The maximum Gasteiger partial charge on any atom is 0.239 e. The molecule has 2 fully saturated rings. The molecule has 104 valence electrons. The third-order valence-corrected chi connectivity index (χ3v) is 5.85. The van der Waals surface area contributed by atoms with Crippen molar-refractivity contribution in [3.8, 4) is 0 Å². The first kappa shape index (κ1) is 13.8. The molecular formula is C14H25NO3. The van der Waals surface area contributed by atoms with E-state index >= 15 is 0 Å². The van der Waals surface area contributed by atoms with Gasteiger partial charge in [-0.3, -0.25) is 10.1 Å². The van der Waals surface area contributed by atoms with Crippen LogP contribution in [0.5, 0.6) is 0 Å². The van der Waals surface area contributed by atoms with Crippen molar-refractivity contribution < 1.29 is 9.66 Å². The number of fused-ring (bicyclic) bond motifs is 2. The van der Waals surface area contributed by atoms with E-state index in [9.17, 15) is 10.1 Å². The molecule has 0 spiro atoms. The zero-order valence-corrected chi connectivity index (χ0v) is 12.2. The predicted octanol–water partition coefficient (Wildman–Crippen LogP) is 3.27. The molecule has 4 heteroatoms. The Morgan fingerprint density at radius 1 is 1.39 bits per heavy atom. The second kappa shape index (κ2) is 3.92. The van der Waals surface area contributed by atoms with Gasteiger partial charge in [-0.15, -0.1) is 0 Å². The van der Waals surface area contributed by atoms with Gasteiger partial charge in [0, 0.05) is 18.8 Å². The van der Waals surface area contributed by atoms with E-state index in [1.165, 1.54) is 12.8 Å². The SMILES string of the molecule is CC(C)(CO[C@@H]1C[C@@H]2CC[C@@]1(C)C2(C)C)[N+](=O)[O-]. The Labute approximate surface area is 109 Å². The van der Waals surface area contributed by atoms with Gasteiger partial charge in [0.05, 0.1) is 6.10 Å². The number of nitrogens with zero attached hydrogens (tertiary/aromatic N) is 1. The molecule has 3 atom stereocenters. The number of ether oxygens (including phenoxy) is 1. The van der Waals surface area contributed by atoms with E-state index in [0.717, 1.165) is 6.42 Å². The molecule has 4 nitrogen and oxygen atoms in total. The van der Waals surface area contributed by atoms with Gasteiger partial charge in [-0.1, -0.05) is 20.8 Å². The van der Waals surface area contributed by atoms with Crippen molar-refractivity contribution in [3.05, 3.63) is 10.1 Å². The summed E-state index contributed by atoms with van der Waals surface area (Å²) in [5.74, 6) is 0.714. The highest BCUT2D eigenvalue weighted by Crippen LogP contribution is 2.66. The molecule has 0 aromatic rings. The molecule has 18 heavy (non-hydrogen) atoms. The second-order valence-corrected chi connectivity index (χ2v) is 7.48. The largest absolute Gasteiger partial charge is 0.370 e. The lowest BCUT2D eigenvalue weighted by Crippen LogP contribution is -2.42. The summed E-state index contributed by atoms with van der Waals surface area (Å²) in [5.41, 5.74) is -0.497. The van der Waals surface area contributed by atoms with Gasteiger partial charge in [0.1, 0.15) is 6.61 Å². The molecule has 0 aromatic carbocycles. The zero-order chi connectivity index (χ0) is 13.8. The lowest BCUT2D eigenvalue weighted by atomic mass is 9.70. The summed E-state index contributed by atoms with van der Waals surface area (Å²) in [7, 11) is 0. The number of nitro groups is 1. The first-order chi connectivity index (χ1) is 8.11. The molecule has 2 saturated carbocycles. The van der Waals surface area contributed by atoms with Crippen LogP contribution in [0.25, 0.3) is 0 Å². The average molecular weight is 255 g/mol. The van der Waals surface area contributed by atoms with Gasteiger partial charge in [0.15, 0.2) is 0 Å². The Morgan fingerprint density at radius 2 is 2.00 bits per heavy atom. The molecule has 0 aliphatic heterocycles. The molecule has 0 aromatic heterocycles. The van der Waals surface area contributed by atoms with Crippen LogP contribution in [0, 0.1) is 26.9 Å². The Bertz CT molecular complexity index is 364. The molecule has 0 radical (unpaired) electrons. The maximum atomic E-state index is 10.9. The number of rotatable bonds is 4. The van der Waals surface area contributed by atoms with E-state index < -0.39 is 5.54 Å². The lowest BCUT2D eigenvalue weighted by Gasteiger charge is -2.39. The Balaban J connectivity index is 2.04. The van der Waals surface area contributed by atoms with Gasteiger partial charge < -0.3 is 4.74 Å². The molecule has 0 N–H and O–H groups in total. The summed E-state index contributed by atoms with van der Waals surface area (Å²) in [6.45, 7) is 10.4. The molecule has 0 amide bonds. The van der Waals surface area contributed by atoms with Gasteiger partial charge in [0.25, 0.3) is 0 Å². The summed E-state index contributed by atoms with van der Waals surface area (Å²) in [5, 5.41) is 10.9. The smallest absolute Gasteiger partial charge is 0.239 e. The fourth-order valence-corrected chi connectivity index (χ4v) is 3.74. The standard InChI is InChI=1S/C14H25NO3/c1-12(2,15(16)17)9-18-11-8-10-6-7-14(11,5)13(10,3)4/h10-11H,6-9H2,1-5H3/t10-,11+,14+/m0/s1. The van der Waals surface area contributed by atoms with E-state index in [1.807, 2.05) is 0 Å². The molecule has 2 aliphatic carbocycles. The van der Waals surface area contributed by atoms with Crippen LogP contribution in [-0.2, 0) is 4.74 Å². The summed E-state index contributed by atoms with van der Waals surface area (Å²) in [6, 6.07) is 0. The second-order valence-electron chi connectivity index (χ2n) is 7.48.